The van der Waals surface area contributed by atoms with Crippen LogP contribution in [0.3, 0.4) is 0 Å². The van der Waals surface area contributed by atoms with E-state index in [1.54, 1.807) is 43.3 Å². The Labute approximate surface area is 185 Å². The van der Waals surface area contributed by atoms with Crippen LogP contribution in [0.5, 0.6) is 11.5 Å². The Kier molecular flexibility index (Phi) is 7.31. The minimum absolute atomic E-state index is 0.0987. The third-order valence-electron chi connectivity index (χ3n) is 4.63. The maximum absolute atomic E-state index is 12.7. The van der Waals surface area contributed by atoms with Gasteiger partial charge in [0.05, 0.1) is 23.9 Å². The number of carbonyl (C=O) groups excluding carboxylic acids is 2. The van der Waals surface area contributed by atoms with Crippen molar-refractivity contribution in [2.24, 2.45) is 0 Å². The number of pyridine rings is 1. The number of hydrogen-bond donors (Lipinski definition) is 2. The SMILES string of the molecule is CCNC(=O)COc1ccc(CNC(=O)c2cc3cc(Cl)ccc3nc2C)cc1OC. The third-order valence-corrected chi connectivity index (χ3v) is 4.86. The van der Waals surface area contributed by atoms with E-state index in [9.17, 15) is 9.59 Å². The number of carbonyl (C=O) groups is 2. The second kappa shape index (κ2) is 10.1. The van der Waals surface area contributed by atoms with Gasteiger partial charge >= 0.3 is 0 Å². The van der Waals surface area contributed by atoms with Gasteiger partial charge in [-0.1, -0.05) is 17.7 Å². The van der Waals surface area contributed by atoms with Gasteiger partial charge in [0.15, 0.2) is 18.1 Å². The lowest BCUT2D eigenvalue weighted by molar-refractivity contribution is -0.123. The van der Waals surface area contributed by atoms with Gasteiger partial charge in [-0.2, -0.15) is 0 Å². The predicted molar refractivity (Wildman–Crippen MR) is 120 cm³/mol. The molecule has 2 N–H and O–H groups in total. The molecule has 8 heteroatoms. The summed E-state index contributed by atoms with van der Waals surface area (Å²) < 4.78 is 10.9. The van der Waals surface area contributed by atoms with E-state index < -0.39 is 0 Å². The number of hydrogen-bond acceptors (Lipinski definition) is 5. The molecule has 0 aliphatic rings. The lowest BCUT2D eigenvalue weighted by Gasteiger charge is -2.13. The van der Waals surface area contributed by atoms with Crippen molar-refractivity contribution in [3.05, 3.63) is 64.3 Å². The monoisotopic (exact) mass is 441 g/mol. The van der Waals surface area contributed by atoms with Crippen molar-refractivity contribution >= 4 is 34.3 Å². The van der Waals surface area contributed by atoms with E-state index in [0.29, 0.717) is 40.9 Å². The smallest absolute Gasteiger partial charge is 0.257 e. The van der Waals surface area contributed by atoms with Gasteiger partial charge in [0.1, 0.15) is 0 Å². The summed E-state index contributed by atoms with van der Waals surface area (Å²) >= 11 is 6.06. The van der Waals surface area contributed by atoms with E-state index in [4.69, 9.17) is 21.1 Å². The fraction of sp³-hybridized carbons (Fsp3) is 0.261. The molecule has 162 valence electrons. The lowest BCUT2D eigenvalue weighted by Crippen LogP contribution is -2.28. The molecule has 1 aromatic heterocycles. The van der Waals surface area contributed by atoms with Crippen molar-refractivity contribution in [3.8, 4) is 11.5 Å². The number of aryl methyl sites for hydroxylation is 1. The molecule has 3 rings (SSSR count). The van der Waals surface area contributed by atoms with E-state index in [2.05, 4.69) is 15.6 Å². The summed E-state index contributed by atoms with van der Waals surface area (Å²) in [6.07, 6.45) is 0. The molecule has 0 bridgehead atoms. The Morgan fingerprint density at radius 3 is 2.61 bits per heavy atom. The van der Waals surface area contributed by atoms with Crippen LogP contribution in [0, 0.1) is 6.92 Å². The van der Waals surface area contributed by atoms with E-state index in [-0.39, 0.29) is 18.4 Å². The highest BCUT2D eigenvalue weighted by Crippen LogP contribution is 2.28. The Balaban J connectivity index is 1.69. The summed E-state index contributed by atoms with van der Waals surface area (Å²) in [6, 6.07) is 12.5. The number of halogens is 1. The summed E-state index contributed by atoms with van der Waals surface area (Å²) in [5.74, 6) is 0.494. The highest BCUT2D eigenvalue weighted by molar-refractivity contribution is 6.31. The van der Waals surface area contributed by atoms with Crippen molar-refractivity contribution < 1.29 is 19.1 Å². The molecule has 7 nitrogen and oxygen atoms in total. The first kappa shape index (κ1) is 22.4. The van der Waals surface area contributed by atoms with Crippen LogP contribution in [0.2, 0.25) is 5.02 Å². The summed E-state index contributed by atoms with van der Waals surface area (Å²) in [6.45, 7) is 4.37. The molecule has 0 fully saturated rings. The highest BCUT2D eigenvalue weighted by Gasteiger charge is 2.13. The van der Waals surface area contributed by atoms with Crippen molar-refractivity contribution in [1.82, 2.24) is 15.6 Å². The molecule has 1 heterocycles. The Morgan fingerprint density at radius 2 is 1.87 bits per heavy atom. The molecule has 0 unspecified atom stereocenters. The summed E-state index contributed by atoms with van der Waals surface area (Å²) in [7, 11) is 1.52. The number of nitrogens with zero attached hydrogens (tertiary/aromatic N) is 1. The molecule has 2 amide bonds. The quantitative estimate of drug-likeness (QED) is 0.557. The molecule has 0 atom stereocenters. The van der Waals surface area contributed by atoms with E-state index >= 15 is 0 Å². The minimum Gasteiger partial charge on any atom is -0.493 e. The number of rotatable bonds is 8. The van der Waals surface area contributed by atoms with Gasteiger partial charge in [0.25, 0.3) is 11.8 Å². The minimum atomic E-state index is -0.234. The zero-order valence-electron chi connectivity index (χ0n) is 17.6. The fourth-order valence-electron chi connectivity index (χ4n) is 3.08. The first-order valence-electron chi connectivity index (χ1n) is 9.82. The van der Waals surface area contributed by atoms with Gasteiger partial charge in [-0.3, -0.25) is 14.6 Å². The van der Waals surface area contributed by atoms with Crippen LogP contribution < -0.4 is 20.1 Å². The molecular formula is C23H24ClN3O4. The van der Waals surface area contributed by atoms with Gasteiger partial charge in [-0.05, 0) is 55.8 Å². The van der Waals surface area contributed by atoms with Crippen molar-refractivity contribution in [2.45, 2.75) is 20.4 Å². The first-order valence-corrected chi connectivity index (χ1v) is 10.2. The topological polar surface area (TPSA) is 89.6 Å². The van der Waals surface area contributed by atoms with E-state index in [1.165, 1.54) is 7.11 Å². The van der Waals surface area contributed by atoms with Crippen LogP contribution >= 0.6 is 11.6 Å². The van der Waals surface area contributed by atoms with Gasteiger partial charge in [0.2, 0.25) is 0 Å². The lowest BCUT2D eigenvalue weighted by atomic mass is 10.1. The molecular weight excluding hydrogens is 418 g/mol. The molecule has 0 radical (unpaired) electrons. The second-order valence-corrected chi connectivity index (χ2v) is 7.30. The number of aromatic nitrogens is 1. The number of fused-ring (bicyclic) bond motifs is 1. The van der Waals surface area contributed by atoms with Crippen LogP contribution in [0.25, 0.3) is 10.9 Å². The number of likely N-dealkylation sites (N-methyl/N-ethyl adjacent to an activating group) is 1. The summed E-state index contributed by atoms with van der Waals surface area (Å²) in [5.41, 5.74) is 2.74. The highest BCUT2D eigenvalue weighted by atomic mass is 35.5. The Hall–Kier alpha value is -3.32. The molecule has 0 aliphatic heterocycles. The first-order chi connectivity index (χ1) is 14.9. The van der Waals surface area contributed by atoms with Crippen LogP contribution in [-0.2, 0) is 11.3 Å². The second-order valence-electron chi connectivity index (χ2n) is 6.87. The van der Waals surface area contributed by atoms with E-state index in [0.717, 1.165) is 16.5 Å². The number of methoxy groups -OCH3 is 1. The van der Waals surface area contributed by atoms with Gasteiger partial charge in [0, 0.05) is 23.5 Å². The normalized spacial score (nSPS) is 10.6. The molecule has 0 spiro atoms. The standard InChI is InChI=1S/C23H24ClN3O4/c1-4-25-22(28)13-31-20-8-5-15(9-21(20)30-3)12-26-23(29)18-11-16-10-17(24)6-7-19(16)27-14(18)2/h5-11H,4,12-13H2,1-3H3,(H,25,28)(H,26,29). The van der Waals surface area contributed by atoms with E-state index in [1.807, 2.05) is 13.0 Å². The maximum atomic E-state index is 12.7. The molecule has 0 saturated heterocycles. The van der Waals surface area contributed by atoms with Crippen LogP contribution in [0.15, 0.2) is 42.5 Å². The molecule has 0 saturated carbocycles. The predicted octanol–water partition coefficient (Wildman–Crippen LogP) is 3.65. The molecule has 31 heavy (non-hydrogen) atoms. The van der Waals surface area contributed by atoms with Gasteiger partial charge in [-0.15, -0.1) is 0 Å². The number of amides is 2. The average Bonchev–Trinajstić information content (AvgIpc) is 2.76. The maximum Gasteiger partial charge on any atom is 0.257 e. The molecule has 3 aromatic rings. The molecule has 0 aliphatic carbocycles. The zero-order chi connectivity index (χ0) is 22.4. The number of ether oxygens (including phenoxy) is 2. The average molecular weight is 442 g/mol. The largest absolute Gasteiger partial charge is 0.493 e. The third kappa shape index (κ3) is 5.64. The van der Waals surface area contributed by atoms with Gasteiger partial charge in [-0.25, -0.2) is 0 Å². The van der Waals surface area contributed by atoms with Gasteiger partial charge < -0.3 is 20.1 Å². The summed E-state index contributed by atoms with van der Waals surface area (Å²) in [5, 5.41) is 6.96. The summed E-state index contributed by atoms with van der Waals surface area (Å²) in [4.78, 5) is 28.8. The number of nitrogens with one attached hydrogen (secondary N) is 2. The van der Waals surface area contributed by atoms with Crippen LogP contribution in [0.4, 0.5) is 0 Å². The van der Waals surface area contributed by atoms with Crippen molar-refractivity contribution in [2.75, 3.05) is 20.3 Å². The van der Waals surface area contributed by atoms with Crippen molar-refractivity contribution in [3.63, 3.8) is 0 Å². The number of benzene rings is 2. The Morgan fingerprint density at radius 1 is 1.06 bits per heavy atom. The Bertz CT molecular complexity index is 1120. The molecule has 2 aromatic carbocycles. The van der Waals surface area contributed by atoms with Crippen LogP contribution in [-0.4, -0.2) is 37.1 Å². The van der Waals surface area contributed by atoms with Crippen molar-refractivity contribution in [1.29, 1.82) is 0 Å². The fourth-order valence-corrected chi connectivity index (χ4v) is 3.26. The zero-order valence-corrected chi connectivity index (χ0v) is 18.4. The van der Waals surface area contributed by atoms with Crippen LogP contribution in [0.1, 0.15) is 28.5 Å².